The number of hydrogen-bond acceptors (Lipinski definition) is 4. The molecule has 5 nitrogen and oxygen atoms in total. The molecule has 0 saturated heterocycles. The van der Waals surface area contributed by atoms with Crippen molar-refractivity contribution >= 4 is 35.2 Å². The number of hydrogen-bond donors (Lipinski definition) is 1. The zero-order chi connectivity index (χ0) is 22.1. The van der Waals surface area contributed by atoms with E-state index in [1.807, 2.05) is 30.3 Å². The predicted molar refractivity (Wildman–Crippen MR) is 121 cm³/mol. The zero-order valence-corrected chi connectivity index (χ0v) is 18.2. The number of carbonyl (C=O) groups is 1. The van der Waals surface area contributed by atoms with Crippen LogP contribution >= 0.6 is 23.2 Å². The number of halogens is 2. The van der Waals surface area contributed by atoms with Crippen LogP contribution in [0.3, 0.4) is 0 Å². The van der Waals surface area contributed by atoms with E-state index < -0.39 is 5.92 Å². The first-order valence-corrected chi connectivity index (χ1v) is 10.4. The highest BCUT2D eigenvalue weighted by atomic mass is 35.5. The lowest BCUT2D eigenvalue weighted by atomic mass is 9.80. The average Bonchev–Trinajstić information content (AvgIpc) is 2.75. The van der Waals surface area contributed by atoms with Gasteiger partial charge in [0.25, 0.3) is 0 Å². The maximum absolute atomic E-state index is 12.3. The highest BCUT2D eigenvalue weighted by molar-refractivity contribution is 6.30. The Labute approximate surface area is 190 Å². The van der Waals surface area contributed by atoms with Gasteiger partial charge in [0.05, 0.1) is 5.92 Å². The average molecular weight is 452 g/mol. The predicted octanol–water partition coefficient (Wildman–Crippen LogP) is 5.00. The molecule has 2 aliphatic rings. The summed E-state index contributed by atoms with van der Waals surface area (Å²) in [4.78, 5) is 14.0. The van der Waals surface area contributed by atoms with E-state index in [1.165, 1.54) is 6.92 Å². The summed E-state index contributed by atoms with van der Waals surface area (Å²) in [5.41, 5.74) is 9.88. The Morgan fingerprint density at radius 1 is 1.13 bits per heavy atom. The van der Waals surface area contributed by atoms with E-state index >= 15 is 0 Å². The van der Waals surface area contributed by atoms with E-state index in [2.05, 4.69) is 6.07 Å². The monoisotopic (exact) mass is 451 g/mol. The molecule has 2 aromatic rings. The van der Waals surface area contributed by atoms with Gasteiger partial charge in [-0.25, -0.2) is 0 Å². The molecule has 0 fully saturated rings. The molecule has 0 bridgehead atoms. The highest BCUT2D eigenvalue weighted by Gasteiger charge is 2.38. The molecule has 4 rings (SSSR count). The van der Waals surface area contributed by atoms with Gasteiger partial charge < -0.3 is 15.4 Å². The Bertz CT molecular complexity index is 1170. The first kappa shape index (κ1) is 21.0. The number of allylic oxidation sites excluding steroid dienone is 1. The molecule has 0 spiro atoms. The number of amides is 1. The Hall–Kier alpha value is -3.20. The fraction of sp³-hybridized carbons (Fsp3) is 0.167. The van der Waals surface area contributed by atoms with Crippen molar-refractivity contribution in [2.75, 3.05) is 13.1 Å². The number of nitriles is 1. The Morgan fingerprint density at radius 2 is 1.74 bits per heavy atom. The second-order valence-corrected chi connectivity index (χ2v) is 8.30. The van der Waals surface area contributed by atoms with Crippen LogP contribution in [0.15, 0.2) is 76.9 Å². The quantitative estimate of drug-likeness (QED) is 0.696. The highest BCUT2D eigenvalue weighted by Crippen LogP contribution is 2.44. The summed E-state index contributed by atoms with van der Waals surface area (Å²) < 4.78 is 5.96. The van der Waals surface area contributed by atoms with Crippen LogP contribution in [0, 0.1) is 11.3 Å². The Balaban J connectivity index is 1.88. The molecule has 2 aliphatic heterocycles. The minimum Gasteiger partial charge on any atom is -0.440 e. The van der Waals surface area contributed by atoms with E-state index in [4.69, 9.17) is 33.7 Å². The van der Waals surface area contributed by atoms with Crippen LogP contribution in [0.4, 0.5) is 0 Å². The molecule has 0 aromatic heterocycles. The van der Waals surface area contributed by atoms with Gasteiger partial charge in [0.15, 0.2) is 0 Å². The van der Waals surface area contributed by atoms with Crippen molar-refractivity contribution in [1.82, 2.24) is 4.90 Å². The van der Waals surface area contributed by atoms with Crippen LogP contribution in [-0.2, 0) is 9.53 Å². The third-order valence-corrected chi connectivity index (χ3v) is 5.90. The van der Waals surface area contributed by atoms with Crippen molar-refractivity contribution in [1.29, 1.82) is 5.26 Å². The molecular formula is C24H19Cl2N3O2. The molecule has 0 radical (unpaired) electrons. The minimum atomic E-state index is -0.429. The molecule has 1 unspecified atom stereocenters. The van der Waals surface area contributed by atoms with E-state index in [-0.39, 0.29) is 11.8 Å². The van der Waals surface area contributed by atoms with Crippen LogP contribution in [0.5, 0.6) is 0 Å². The van der Waals surface area contributed by atoms with Gasteiger partial charge in [0.1, 0.15) is 17.4 Å². The third kappa shape index (κ3) is 4.18. The molecule has 2 aromatic carbocycles. The maximum atomic E-state index is 12.3. The lowest BCUT2D eigenvalue weighted by Gasteiger charge is -2.38. The van der Waals surface area contributed by atoms with Gasteiger partial charge in [0.2, 0.25) is 11.8 Å². The van der Waals surface area contributed by atoms with Gasteiger partial charge in [-0.3, -0.25) is 4.79 Å². The second kappa shape index (κ2) is 8.50. The van der Waals surface area contributed by atoms with Gasteiger partial charge in [-0.2, -0.15) is 5.26 Å². The number of carbonyl (C=O) groups excluding carboxylic acids is 1. The van der Waals surface area contributed by atoms with Gasteiger partial charge in [-0.15, -0.1) is 0 Å². The molecule has 1 atom stereocenters. The summed E-state index contributed by atoms with van der Waals surface area (Å²) >= 11 is 12.1. The van der Waals surface area contributed by atoms with Crippen molar-refractivity contribution < 1.29 is 9.53 Å². The van der Waals surface area contributed by atoms with Gasteiger partial charge in [0, 0.05) is 41.2 Å². The molecule has 156 valence electrons. The van der Waals surface area contributed by atoms with Gasteiger partial charge in [-0.1, -0.05) is 47.5 Å². The zero-order valence-electron chi connectivity index (χ0n) is 16.7. The van der Waals surface area contributed by atoms with Crippen molar-refractivity contribution in [3.63, 3.8) is 0 Å². The Morgan fingerprint density at radius 3 is 2.32 bits per heavy atom. The number of nitrogens with zero attached hydrogens (tertiary/aromatic N) is 2. The lowest BCUT2D eigenvalue weighted by molar-refractivity contribution is -0.128. The normalized spacial score (nSPS) is 19.7. The number of benzene rings is 2. The summed E-state index contributed by atoms with van der Waals surface area (Å²) in [5, 5.41) is 11.0. The van der Waals surface area contributed by atoms with Gasteiger partial charge >= 0.3 is 0 Å². The van der Waals surface area contributed by atoms with E-state index in [0.717, 1.165) is 22.3 Å². The SMILES string of the molecule is CC(=O)N1CC2=C(OC(N)=C(C#N)C2c2ccc(Cl)cc2)/C(=C/c2ccc(Cl)cc2)C1. The van der Waals surface area contributed by atoms with Crippen molar-refractivity contribution in [3.8, 4) is 6.07 Å². The van der Waals surface area contributed by atoms with E-state index in [9.17, 15) is 10.1 Å². The molecule has 7 heteroatoms. The molecule has 1 amide bonds. The molecule has 31 heavy (non-hydrogen) atoms. The smallest absolute Gasteiger partial charge is 0.220 e. The maximum Gasteiger partial charge on any atom is 0.220 e. The van der Waals surface area contributed by atoms with Gasteiger partial charge in [-0.05, 0) is 41.5 Å². The molecule has 2 N–H and O–H groups in total. The van der Waals surface area contributed by atoms with E-state index in [1.54, 1.807) is 29.2 Å². The molecule has 0 saturated carbocycles. The topological polar surface area (TPSA) is 79.3 Å². The summed E-state index contributed by atoms with van der Waals surface area (Å²) in [5.74, 6) is 0.176. The number of nitrogens with two attached hydrogens (primary N) is 1. The van der Waals surface area contributed by atoms with Crippen LogP contribution in [0.1, 0.15) is 24.0 Å². The minimum absolute atomic E-state index is 0.0653. The summed E-state index contributed by atoms with van der Waals surface area (Å²) in [6.45, 7) is 2.25. The largest absolute Gasteiger partial charge is 0.440 e. The van der Waals surface area contributed by atoms with Crippen molar-refractivity contribution in [3.05, 3.63) is 98.1 Å². The Kier molecular flexibility index (Phi) is 5.77. The van der Waals surface area contributed by atoms with Crippen LogP contribution in [0.25, 0.3) is 6.08 Å². The second-order valence-electron chi connectivity index (χ2n) is 7.43. The first-order valence-electron chi connectivity index (χ1n) is 9.65. The van der Waals surface area contributed by atoms with Crippen molar-refractivity contribution in [2.45, 2.75) is 12.8 Å². The van der Waals surface area contributed by atoms with Crippen LogP contribution < -0.4 is 5.73 Å². The molecule has 2 heterocycles. The van der Waals surface area contributed by atoms with Crippen molar-refractivity contribution in [2.24, 2.45) is 5.73 Å². The summed E-state index contributed by atoms with van der Waals surface area (Å²) in [7, 11) is 0. The third-order valence-electron chi connectivity index (χ3n) is 5.40. The van der Waals surface area contributed by atoms with Crippen LogP contribution in [0.2, 0.25) is 10.0 Å². The first-order chi connectivity index (χ1) is 14.9. The fourth-order valence-corrected chi connectivity index (χ4v) is 4.14. The van der Waals surface area contributed by atoms with Crippen LogP contribution in [-0.4, -0.2) is 23.9 Å². The lowest BCUT2D eigenvalue weighted by Crippen LogP contribution is -2.40. The standard InChI is InChI=1S/C24H19Cl2N3O2/c1-14(30)29-12-17(10-15-2-6-18(25)7-3-15)23-21(13-29)22(20(11-27)24(28)31-23)16-4-8-19(26)9-5-16/h2-10,22H,12-13,28H2,1H3/b17-10+. The number of ether oxygens (including phenoxy) is 1. The summed E-state index contributed by atoms with van der Waals surface area (Å²) in [6.07, 6.45) is 1.95. The summed E-state index contributed by atoms with van der Waals surface area (Å²) in [6, 6.07) is 16.8. The molecular weight excluding hydrogens is 433 g/mol. The van der Waals surface area contributed by atoms with E-state index in [0.29, 0.717) is 34.5 Å². The fourth-order valence-electron chi connectivity index (χ4n) is 3.89. The number of rotatable bonds is 2. The molecule has 0 aliphatic carbocycles.